The van der Waals surface area contributed by atoms with Crippen molar-refractivity contribution in [3.63, 3.8) is 0 Å². The summed E-state index contributed by atoms with van der Waals surface area (Å²) >= 11 is 0. The minimum absolute atomic E-state index is 0.338. The van der Waals surface area contributed by atoms with Gasteiger partial charge in [-0.05, 0) is 79.9 Å². The average molecular weight is 804 g/mol. The molecule has 10 aromatic rings. The van der Waals surface area contributed by atoms with Crippen LogP contribution in [0.25, 0.3) is 66.8 Å². The molecule has 0 fully saturated rings. The second-order valence-electron chi connectivity index (χ2n) is 16.3. The van der Waals surface area contributed by atoms with E-state index in [1.165, 1.54) is 22.3 Å². The normalized spacial score (nSPS) is 13.0. The number of hydrogen-bond donors (Lipinski definition) is 0. The van der Waals surface area contributed by atoms with Crippen LogP contribution in [0.1, 0.15) is 22.9 Å². The molecule has 3 heterocycles. The van der Waals surface area contributed by atoms with Crippen molar-refractivity contribution in [1.29, 1.82) is 0 Å². The topological polar surface area (TPSA) is 45.2 Å². The monoisotopic (exact) mass is 803 g/mol. The predicted octanol–water partition coefficient (Wildman–Crippen LogP) is 14.9. The van der Waals surface area contributed by atoms with Crippen molar-refractivity contribution in [3.05, 3.63) is 235 Å². The fraction of sp³-hybridized carbons (Fsp3) is 0.0172. The summed E-state index contributed by atoms with van der Waals surface area (Å²) in [7, 11) is 0. The van der Waals surface area contributed by atoms with E-state index < -0.39 is 0 Å². The molecule has 294 valence electrons. The first-order valence-corrected chi connectivity index (χ1v) is 21.5. The van der Waals surface area contributed by atoms with Gasteiger partial charge in [0.05, 0.1) is 28.7 Å². The Balaban J connectivity index is 1.16. The van der Waals surface area contributed by atoms with Gasteiger partial charge in [-0.2, -0.15) is 15.0 Å². The van der Waals surface area contributed by atoms with Gasteiger partial charge in [-0.3, -0.25) is 9.80 Å². The second kappa shape index (κ2) is 14.1. The molecule has 13 rings (SSSR count). The summed E-state index contributed by atoms with van der Waals surface area (Å²) in [6.07, 6.45) is 0. The second-order valence-corrected chi connectivity index (χ2v) is 16.3. The van der Waals surface area contributed by atoms with Gasteiger partial charge in [0.15, 0.2) is 0 Å². The standard InChI is InChI=1S/C58H37N5/c1-2-20-38-37(19-1)43-25-7-9-31-49(43)55(50-32-10-8-26-44(38)50)56-59-57(62-51-33-15-11-27-45(51)39-21-3-4-22-40(39)46-28-12-16-34-52(46)62)61-58(60-56)63-53-35-17-13-29-47(53)41-23-5-6-24-42(41)48-30-14-18-36-54(48)63/h1-36,55H. The molecule has 0 N–H and O–H groups in total. The van der Waals surface area contributed by atoms with Gasteiger partial charge in [-0.1, -0.05) is 194 Å². The van der Waals surface area contributed by atoms with E-state index in [1.807, 2.05) is 0 Å². The Morgan fingerprint density at radius 3 is 0.794 bits per heavy atom. The Bertz CT molecular complexity index is 2890. The summed E-state index contributed by atoms with van der Waals surface area (Å²) in [4.78, 5) is 21.7. The average Bonchev–Trinajstić information content (AvgIpc) is 3.63. The van der Waals surface area contributed by atoms with E-state index in [2.05, 4.69) is 228 Å². The predicted molar refractivity (Wildman–Crippen MR) is 256 cm³/mol. The zero-order valence-corrected chi connectivity index (χ0v) is 34.1. The van der Waals surface area contributed by atoms with Crippen LogP contribution in [0.3, 0.4) is 0 Å². The van der Waals surface area contributed by atoms with Crippen molar-refractivity contribution in [2.75, 3.05) is 9.80 Å². The molecule has 0 unspecified atom stereocenters. The fourth-order valence-electron chi connectivity index (χ4n) is 10.3. The number of rotatable bonds is 3. The molecule has 3 aliphatic rings. The van der Waals surface area contributed by atoms with Gasteiger partial charge in [-0.25, -0.2) is 0 Å². The fourth-order valence-corrected chi connectivity index (χ4v) is 10.3. The number of fused-ring (bicyclic) bond motifs is 15. The first kappa shape index (κ1) is 35.4. The minimum Gasteiger partial charge on any atom is -0.278 e. The molecule has 0 bridgehead atoms. The number of anilines is 6. The molecular weight excluding hydrogens is 767 g/mol. The van der Waals surface area contributed by atoms with Crippen molar-refractivity contribution in [2.24, 2.45) is 0 Å². The summed E-state index contributed by atoms with van der Waals surface area (Å²) in [6, 6.07) is 78.2. The van der Waals surface area contributed by atoms with Gasteiger partial charge in [0.25, 0.3) is 0 Å². The van der Waals surface area contributed by atoms with E-state index in [4.69, 9.17) is 15.0 Å². The van der Waals surface area contributed by atoms with E-state index >= 15 is 0 Å². The van der Waals surface area contributed by atoms with Crippen LogP contribution in [0, 0.1) is 0 Å². The van der Waals surface area contributed by atoms with Gasteiger partial charge in [0.2, 0.25) is 11.9 Å². The molecule has 2 aliphatic heterocycles. The first-order chi connectivity index (χ1) is 31.3. The molecule has 1 aromatic heterocycles. The highest BCUT2D eigenvalue weighted by Crippen LogP contribution is 2.54. The summed E-state index contributed by atoms with van der Waals surface area (Å²) in [5.74, 6) is 1.40. The third-order valence-corrected chi connectivity index (χ3v) is 12.9. The molecular formula is C58H37N5. The Morgan fingerprint density at radius 2 is 0.476 bits per heavy atom. The molecule has 0 saturated heterocycles. The van der Waals surface area contributed by atoms with Crippen LogP contribution in [0.5, 0.6) is 0 Å². The number of nitrogens with zero attached hydrogens (tertiary/aromatic N) is 5. The van der Waals surface area contributed by atoms with E-state index in [1.54, 1.807) is 0 Å². The van der Waals surface area contributed by atoms with Crippen molar-refractivity contribution >= 4 is 34.6 Å². The van der Waals surface area contributed by atoms with Crippen LogP contribution >= 0.6 is 0 Å². The third kappa shape index (κ3) is 5.40. The molecule has 9 aromatic carbocycles. The van der Waals surface area contributed by atoms with Crippen LogP contribution in [-0.2, 0) is 0 Å². The maximum atomic E-state index is 5.73. The lowest BCUT2D eigenvalue weighted by Crippen LogP contribution is -2.22. The summed E-state index contributed by atoms with van der Waals surface area (Å²) in [5, 5.41) is 0. The van der Waals surface area contributed by atoms with Crippen molar-refractivity contribution in [2.45, 2.75) is 5.92 Å². The van der Waals surface area contributed by atoms with E-state index in [9.17, 15) is 0 Å². The zero-order chi connectivity index (χ0) is 41.4. The van der Waals surface area contributed by atoms with Gasteiger partial charge in [0, 0.05) is 22.3 Å². The molecule has 0 spiro atoms. The lowest BCUT2D eigenvalue weighted by molar-refractivity contribution is 0.827. The van der Waals surface area contributed by atoms with Crippen LogP contribution < -0.4 is 9.80 Å². The molecule has 0 radical (unpaired) electrons. The quantitative estimate of drug-likeness (QED) is 0.178. The number of hydrogen-bond acceptors (Lipinski definition) is 5. The van der Waals surface area contributed by atoms with Gasteiger partial charge in [-0.15, -0.1) is 0 Å². The third-order valence-electron chi connectivity index (χ3n) is 12.9. The SMILES string of the molecule is c1ccc2c(c1)-c1ccccc1C(c1nc(N3c4ccccc4-c4ccccc4-c4ccccc43)nc(N3c4ccccc4-c4ccccc4-c4ccccc43)n1)c1ccccc1-2. The Kier molecular flexibility index (Phi) is 7.90. The van der Waals surface area contributed by atoms with Crippen LogP contribution in [0.4, 0.5) is 34.6 Å². The van der Waals surface area contributed by atoms with Crippen molar-refractivity contribution in [3.8, 4) is 66.8 Å². The molecule has 5 nitrogen and oxygen atoms in total. The summed E-state index contributed by atoms with van der Waals surface area (Å²) < 4.78 is 0. The Morgan fingerprint density at radius 1 is 0.238 bits per heavy atom. The highest BCUT2D eigenvalue weighted by molar-refractivity contribution is 6.03. The smallest absolute Gasteiger partial charge is 0.239 e. The maximum absolute atomic E-state index is 5.73. The number of para-hydroxylation sites is 4. The lowest BCUT2D eigenvalue weighted by atomic mass is 9.86. The Labute approximate surface area is 365 Å². The highest BCUT2D eigenvalue weighted by atomic mass is 15.4. The summed E-state index contributed by atoms with van der Waals surface area (Å²) in [5.41, 5.74) is 20.1. The first-order valence-electron chi connectivity index (χ1n) is 21.5. The summed E-state index contributed by atoms with van der Waals surface area (Å²) in [6.45, 7) is 0. The molecule has 5 heteroatoms. The Hall–Kier alpha value is -8.41. The number of aromatic nitrogens is 3. The lowest BCUT2D eigenvalue weighted by Gasteiger charge is -2.30. The van der Waals surface area contributed by atoms with E-state index in [0.717, 1.165) is 78.4 Å². The molecule has 63 heavy (non-hydrogen) atoms. The van der Waals surface area contributed by atoms with Crippen LogP contribution in [-0.4, -0.2) is 15.0 Å². The molecule has 1 aliphatic carbocycles. The highest BCUT2D eigenvalue weighted by Gasteiger charge is 2.35. The van der Waals surface area contributed by atoms with Crippen LogP contribution in [0.2, 0.25) is 0 Å². The molecule has 0 amide bonds. The van der Waals surface area contributed by atoms with Crippen molar-refractivity contribution < 1.29 is 0 Å². The van der Waals surface area contributed by atoms with Gasteiger partial charge >= 0.3 is 0 Å². The van der Waals surface area contributed by atoms with Gasteiger partial charge < -0.3 is 0 Å². The maximum Gasteiger partial charge on any atom is 0.239 e. The van der Waals surface area contributed by atoms with E-state index in [-0.39, 0.29) is 5.92 Å². The minimum atomic E-state index is -0.338. The largest absolute Gasteiger partial charge is 0.278 e. The molecule has 0 atom stereocenters. The van der Waals surface area contributed by atoms with Gasteiger partial charge in [0.1, 0.15) is 5.82 Å². The van der Waals surface area contributed by atoms with E-state index in [0.29, 0.717) is 17.7 Å². The van der Waals surface area contributed by atoms with Crippen LogP contribution in [0.15, 0.2) is 218 Å². The zero-order valence-electron chi connectivity index (χ0n) is 34.1. The van der Waals surface area contributed by atoms with Crippen molar-refractivity contribution in [1.82, 2.24) is 15.0 Å². The number of benzene rings is 9. The molecule has 0 saturated carbocycles.